The SMILES string of the molecule is O=C=O.OC[C@@H]1C[C@@H](CCCB(O)O)CN1. The van der Waals surface area contributed by atoms with Crippen molar-refractivity contribution in [3.63, 3.8) is 0 Å². The van der Waals surface area contributed by atoms with Gasteiger partial charge in [-0.3, -0.25) is 0 Å². The van der Waals surface area contributed by atoms with Crippen LogP contribution in [0.2, 0.25) is 6.32 Å². The smallest absolute Gasteiger partial charge is 0.427 e. The van der Waals surface area contributed by atoms with E-state index in [1.54, 1.807) is 0 Å². The number of nitrogens with one attached hydrogen (secondary N) is 1. The third-order valence-corrected chi connectivity index (χ3v) is 2.61. The predicted octanol–water partition coefficient (Wildman–Crippen LogP) is -1.37. The first kappa shape index (κ1) is 15.3. The van der Waals surface area contributed by atoms with E-state index in [1.165, 1.54) is 0 Å². The second-order valence-corrected chi connectivity index (χ2v) is 3.88. The molecule has 1 rings (SSSR count). The summed E-state index contributed by atoms with van der Waals surface area (Å²) in [6.45, 7) is 1.16. The molecule has 1 saturated heterocycles. The van der Waals surface area contributed by atoms with E-state index in [1.807, 2.05) is 0 Å². The molecule has 92 valence electrons. The molecule has 1 fully saturated rings. The molecule has 1 aliphatic heterocycles. The minimum Gasteiger partial charge on any atom is -0.427 e. The maximum Gasteiger partial charge on any atom is 0.451 e. The van der Waals surface area contributed by atoms with Crippen molar-refractivity contribution >= 4 is 13.3 Å². The Balaban J connectivity index is 0.000000673. The van der Waals surface area contributed by atoms with Crippen molar-refractivity contribution in [2.24, 2.45) is 5.92 Å². The van der Waals surface area contributed by atoms with Gasteiger partial charge < -0.3 is 20.5 Å². The highest BCUT2D eigenvalue weighted by molar-refractivity contribution is 6.40. The van der Waals surface area contributed by atoms with Crippen LogP contribution < -0.4 is 5.32 Å². The Morgan fingerprint density at radius 3 is 2.44 bits per heavy atom. The third-order valence-electron chi connectivity index (χ3n) is 2.61. The number of rotatable bonds is 5. The van der Waals surface area contributed by atoms with Crippen LogP contribution in [0.3, 0.4) is 0 Å². The summed E-state index contributed by atoms with van der Waals surface area (Å²) in [6.07, 6.45) is 3.58. The standard InChI is InChI=1S/C8H18BNO3.CO2/c11-6-8-4-7(5-10-8)2-1-3-9(12)13;2-1-3/h7-8,10-13H,1-6H2;/t7-,8+;/m1./s1. The number of hydrogen-bond acceptors (Lipinski definition) is 6. The fourth-order valence-corrected chi connectivity index (χ4v) is 1.85. The molecular formula is C9H18BNO5. The summed E-state index contributed by atoms with van der Waals surface area (Å²) in [7, 11) is -1.16. The molecule has 0 amide bonds. The number of aliphatic hydroxyl groups is 1. The lowest BCUT2D eigenvalue weighted by molar-refractivity contribution is -0.191. The van der Waals surface area contributed by atoms with Crippen LogP contribution in [0.1, 0.15) is 19.3 Å². The van der Waals surface area contributed by atoms with E-state index in [-0.39, 0.29) is 18.8 Å². The van der Waals surface area contributed by atoms with Crippen molar-refractivity contribution in [1.29, 1.82) is 0 Å². The second-order valence-electron chi connectivity index (χ2n) is 3.88. The Bertz CT molecular complexity index is 208. The summed E-state index contributed by atoms with van der Waals surface area (Å²) >= 11 is 0. The zero-order valence-electron chi connectivity index (χ0n) is 9.13. The summed E-state index contributed by atoms with van der Waals surface area (Å²) in [5, 5.41) is 29.3. The van der Waals surface area contributed by atoms with Gasteiger partial charge in [0, 0.05) is 6.04 Å². The van der Waals surface area contributed by atoms with E-state index in [0.717, 1.165) is 25.8 Å². The molecule has 0 aromatic rings. The molecule has 0 unspecified atom stereocenters. The van der Waals surface area contributed by atoms with Gasteiger partial charge in [-0.15, -0.1) is 0 Å². The topological polar surface area (TPSA) is 107 Å². The quantitative estimate of drug-likeness (QED) is 0.435. The Labute approximate surface area is 94.8 Å². The highest BCUT2D eigenvalue weighted by Crippen LogP contribution is 2.19. The van der Waals surface area contributed by atoms with E-state index in [2.05, 4.69) is 5.32 Å². The van der Waals surface area contributed by atoms with E-state index in [9.17, 15) is 0 Å². The van der Waals surface area contributed by atoms with E-state index in [4.69, 9.17) is 24.7 Å². The van der Waals surface area contributed by atoms with Crippen LogP contribution in [0.5, 0.6) is 0 Å². The number of hydrogen-bond donors (Lipinski definition) is 4. The average molecular weight is 231 g/mol. The minimum atomic E-state index is -1.16. The molecule has 1 aliphatic rings. The summed E-state index contributed by atoms with van der Waals surface area (Å²) < 4.78 is 0. The molecule has 0 saturated carbocycles. The van der Waals surface area contributed by atoms with Crippen molar-refractivity contribution in [1.82, 2.24) is 5.32 Å². The van der Waals surface area contributed by atoms with Crippen LogP contribution in [0, 0.1) is 5.92 Å². The predicted molar refractivity (Wildman–Crippen MR) is 56.2 cm³/mol. The van der Waals surface area contributed by atoms with Crippen molar-refractivity contribution in [3.05, 3.63) is 0 Å². The zero-order valence-corrected chi connectivity index (χ0v) is 9.13. The van der Waals surface area contributed by atoms with E-state index < -0.39 is 7.12 Å². The lowest BCUT2D eigenvalue weighted by Crippen LogP contribution is -2.24. The van der Waals surface area contributed by atoms with Gasteiger partial charge in [0.05, 0.1) is 6.61 Å². The Hall–Kier alpha value is -0.715. The summed E-state index contributed by atoms with van der Waals surface area (Å²) in [4.78, 5) is 16.2. The molecule has 0 aromatic heterocycles. The first-order chi connectivity index (χ1) is 7.63. The lowest BCUT2D eigenvalue weighted by Gasteiger charge is -2.07. The van der Waals surface area contributed by atoms with Gasteiger partial charge in [-0.05, 0) is 31.6 Å². The van der Waals surface area contributed by atoms with Crippen LogP contribution in [0.4, 0.5) is 0 Å². The lowest BCUT2D eigenvalue weighted by atomic mass is 9.82. The van der Waals surface area contributed by atoms with Crippen molar-refractivity contribution in [2.75, 3.05) is 13.2 Å². The van der Waals surface area contributed by atoms with Crippen LogP contribution in [0.25, 0.3) is 0 Å². The van der Waals surface area contributed by atoms with Crippen LogP contribution in [0.15, 0.2) is 0 Å². The molecule has 7 heteroatoms. The van der Waals surface area contributed by atoms with Crippen molar-refractivity contribution < 1.29 is 24.7 Å². The normalized spacial score (nSPS) is 23.2. The fraction of sp³-hybridized carbons (Fsp3) is 0.889. The summed E-state index contributed by atoms with van der Waals surface area (Å²) in [5.74, 6) is 0.593. The van der Waals surface area contributed by atoms with Gasteiger partial charge in [0.25, 0.3) is 0 Å². The monoisotopic (exact) mass is 231 g/mol. The molecule has 0 bridgehead atoms. The summed E-state index contributed by atoms with van der Waals surface area (Å²) in [6, 6.07) is 0.254. The minimum absolute atomic E-state index is 0.207. The Morgan fingerprint density at radius 1 is 1.38 bits per heavy atom. The second kappa shape index (κ2) is 9.51. The molecule has 0 spiro atoms. The summed E-state index contributed by atoms with van der Waals surface area (Å²) in [5.41, 5.74) is 0. The molecule has 4 N–H and O–H groups in total. The maximum absolute atomic E-state index is 8.85. The third kappa shape index (κ3) is 7.56. The largest absolute Gasteiger partial charge is 0.451 e. The van der Waals surface area contributed by atoms with Gasteiger partial charge in [0.15, 0.2) is 0 Å². The van der Waals surface area contributed by atoms with Crippen molar-refractivity contribution in [2.45, 2.75) is 31.6 Å². The van der Waals surface area contributed by atoms with Gasteiger partial charge in [-0.2, -0.15) is 9.59 Å². The Morgan fingerprint density at radius 2 is 2.00 bits per heavy atom. The molecule has 0 aliphatic carbocycles. The average Bonchev–Trinajstić information content (AvgIpc) is 2.66. The number of carbonyl (C=O) groups excluding carboxylic acids is 2. The van der Waals surface area contributed by atoms with E-state index >= 15 is 0 Å². The molecule has 0 aromatic carbocycles. The first-order valence-electron chi connectivity index (χ1n) is 5.33. The van der Waals surface area contributed by atoms with Gasteiger partial charge in [0.1, 0.15) is 0 Å². The molecule has 6 nitrogen and oxygen atoms in total. The molecule has 1 heterocycles. The van der Waals surface area contributed by atoms with Gasteiger partial charge in [-0.25, -0.2) is 0 Å². The van der Waals surface area contributed by atoms with Gasteiger partial charge in [0.2, 0.25) is 0 Å². The van der Waals surface area contributed by atoms with Gasteiger partial charge in [-0.1, -0.05) is 6.42 Å². The molecule has 2 atom stereocenters. The highest BCUT2D eigenvalue weighted by Gasteiger charge is 2.23. The van der Waals surface area contributed by atoms with Crippen molar-refractivity contribution in [3.8, 4) is 0 Å². The van der Waals surface area contributed by atoms with Gasteiger partial charge >= 0.3 is 13.3 Å². The molecule has 0 radical (unpaired) electrons. The fourth-order valence-electron chi connectivity index (χ4n) is 1.85. The molecular weight excluding hydrogens is 213 g/mol. The maximum atomic E-state index is 8.85. The van der Waals surface area contributed by atoms with E-state index in [0.29, 0.717) is 12.2 Å². The first-order valence-corrected chi connectivity index (χ1v) is 5.33. The van der Waals surface area contributed by atoms with Crippen LogP contribution in [-0.2, 0) is 9.59 Å². The van der Waals surface area contributed by atoms with Crippen LogP contribution >= 0.6 is 0 Å². The highest BCUT2D eigenvalue weighted by atomic mass is 16.4. The Kier molecular flexibility index (Phi) is 9.08. The number of aliphatic hydroxyl groups excluding tert-OH is 1. The molecule has 16 heavy (non-hydrogen) atoms. The zero-order chi connectivity index (χ0) is 12.4. The van der Waals surface area contributed by atoms with Crippen LogP contribution in [-0.4, -0.2) is 47.6 Å².